The van der Waals surface area contributed by atoms with Gasteiger partial charge < -0.3 is 0 Å². The second kappa shape index (κ2) is 19.6. The maximum atomic E-state index is 5.64. The van der Waals surface area contributed by atoms with Gasteiger partial charge in [0.25, 0.3) is 0 Å². The van der Waals surface area contributed by atoms with E-state index >= 15 is 0 Å². The van der Waals surface area contributed by atoms with Crippen LogP contribution in [-0.2, 0) is 76.6 Å². The summed E-state index contributed by atoms with van der Waals surface area (Å²) in [7, 11) is 0. The van der Waals surface area contributed by atoms with Gasteiger partial charge in [0, 0.05) is 0 Å². The summed E-state index contributed by atoms with van der Waals surface area (Å²) < 4.78 is 12.4. The molecule has 5 heterocycles. The predicted octanol–water partition coefficient (Wildman–Crippen LogP) is 10.6. The van der Waals surface area contributed by atoms with Gasteiger partial charge in [-0.2, -0.15) is 0 Å². The third-order valence-corrected chi connectivity index (χ3v) is 22.3. The molecule has 298 valence electrons. The number of hydrogen-bond donors (Lipinski definition) is 2. The molecule has 0 saturated carbocycles. The zero-order valence-corrected chi connectivity index (χ0v) is 41.3. The van der Waals surface area contributed by atoms with E-state index < -0.39 is 38.3 Å². The van der Waals surface area contributed by atoms with Crippen molar-refractivity contribution in [3.8, 4) is 45.6 Å². The zero-order valence-electron chi connectivity index (χ0n) is 35.1. The molecule has 0 aliphatic carbocycles. The van der Waals surface area contributed by atoms with Gasteiger partial charge in [0.1, 0.15) is 0 Å². The van der Waals surface area contributed by atoms with Crippen LogP contribution in [0.4, 0.5) is 0 Å². The number of aromatic nitrogens is 8. The minimum atomic E-state index is -0.438. The van der Waals surface area contributed by atoms with E-state index in [0.717, 1.165) is 55.6 Å². The van der Waals surface area contributed by atoms with Crippen LogP contribution in [-0.4, -0.2) is 39.9 Å². The normalized spacial score (nSPS) is 11.8. The Hall–Kier alpha value is -2.90. The molecule has 2 aliphatic heterocycles. The molecule has 2 N–H and O–H groups in total. The number of benzene rings is 4. The molecule has 0 saturated heterocycles. The Morgan fingerprint density at radius 1 is 0.367 bits per heavy atom. The first-order valence-electron chi connectivity index (χ1n) is 21.9. The van der Waals surface area contributed by atoms with E-state index in [-0.39, 0.29) is 38.3 Å². The molecular formula is C48H50N8Ti4. The molecule has 0 radical (unpaired) electrons. The molecule has 7 aromatic rings. The van der Waals surface area contributed by atoms with Gasteiger partial charge in [0.05, 0.1) is 0 Å². The van der Waals surface area contributed by atoms with Gasteiger partial charge in [-0.15, -0.1) is 0 Å². The fourth-order valence-electron chi connectivity index (χ4n) is 8.17. The number of hydrogen-bond acceptors (Lipinski definition) is 6. The third-order valence-electron chi connectivity index (χ3n) is 11.3. The molecule has 9 rings (SSSR count). The fraction of sp³-hybridized carbons (Fsp3) is 0.333. The van der Waals surface area contributed by atoms with Crippen LogP contribution in [0.25, 0.3) is 89.7 Å². The molecule has 3 aromatic heterocycles. The van der Waals surface area contributed by atoms with Crippen molar-refractivity contribution in [1.82, 2.24) is 39.9 Å². The van der Waals surface area contributed by atoms with Gasteiger partial charge in [-0.3, -0.25) is 0 Å². The Balaban J connectivity index is 1.47. The number of nitrogens with zero attached hydrogens (tertiary/aromatic N) is 6. The molecule has 8 nitrogen and oxygen atoms in total. The molecule has 12 heteroatoms. The first kappa shape index (κ1) is 42.4. The number of unbranched alkanes of at least 4 members (excludes halogenated alkanes) is 4. The van der Waals surface area contributed by atoms with E-state index in [0.29, 0.717) is 23.3 Å². The van der Waals surface area contributed by atoms with Crippen molar-refractivity contribution in [1.29, 1.82) is 0 Å². The Bertz CT molecular complexity index is 2680. The fourth-order valence-corrected chi connectivity index (χ4v) is 21.2. The summed E-state index contributed by atoms with van der Waals surface area (Å²) in [6.07, 6.45) is 10.2. The van der Waals surface area contributed by atoms with Crippen LogP contribution in [0.3, 0.4) is 0 Å². The Morgan fingerprint density at radius 3 is 1.02 bits per heavy atom. The van der Waals surface area contributed by atoms with E-state index in [1.807, 2.05) is 7.74 Å². The second-order valence-electron chi connectivity index (χ2n) is 15.6. The molecular weight excluding hydrogens is 880 g/mol. The molecule has 0 spiro atoms. The molecule has 0 amide bonds. The quantitative estimate of drug-likeness (QED) is 0.0738. The van der Waals surface area contributed by atoms with Crippen molar-refractivity contribution in [3.63, 3.8) is 0 Å². The van der Waals surface area contributed by atoms with Crippen LogP contribution in [0.2, 0.25) is 18.9 Å². The van der Waals surface area contributed by atoms with Gasteiger partial charge in [-0.05, 0) is 0 Å². The van der Waals surface area contributed by atoms with E-state index in [1.165, 1.54) is 81.0 Å². The Kier molecular flexibility index (Phi) is 13.9. The molecule has 4 aromatic carbocycles. The van der Waals surface area contributed by atoms with Crippen LogP contribution in [0.15, 0.2) is 72.8 Å². The van der Waals surface area contributed by atoms with Crippen molar-refractivity contribution in [2.24, 2.45) is 0 Å². The summed E-state index contributed by atoms with van der Waals surface area (Å²) in [5.74, 6) is 2.74. The Labute approximate surface area is 388 Å². The van der Waals surface area contributed by atoms with E-state index in [1.54, 1.807) is 7.74 Å². The van der Waals surface area contributed by atoms with Gasteiger partial charge in [0.2, 0.25) is 0 Å². The first-order chi connectivity index (χ1) is 29.6. The average molecular weight is 930 g/mol. The Morgan fingerprint density at radius 2 is 0.667 bits per heavy atom. The minimum absolute atomic E-state index is 0.312. The monoisotopic (exact) mass is 930 g/mol. The summed E-state index contributed by atoms with van der Waals surface area (Å²) in [5.41, 5.74) is 7.29. The number of fused-ring (bicyclic) bond motifs is 20. The van der Waals surface area contributed by atoms with Gasteiger partial charge in [-0.25, -0.2) is 0 Å². The van der Waals surface area contributed by atoms with Crippen molar-refractivity contribution >= 4 is 59.6 Å². The number of aromatic amines is 2. The van der Waals surface area contributed by atoms with Gasteiger partial charge >= 0.3 is 392 Å². The van der Waals surface area contributed by atoms with Crippen LogP contribution in [0.5, 0.6) is 0 Å². The molecule has 60 heavy (non-hydrogen) atoms. The van der Waals surface area contributed by atoms with Gasteiger partial charge in [-0.1, -0.05) is 0 Å². The van der Waals surface area contributed by atoms with Crippen LogP contribution < -0.4 is 15.5 Å². The topological polar surface area (TPSA) is 109 Å². The summed E-state index contributed by atoms with van der Waals surface area (Å²) in [5, 5.41) is 4.70. The standard InChI is InChI=1S/C32H14N8.4C4H9.4Ti/c1-2-10-18-17(9-1)25-33-26(18)38-28-21-13-5-6-14-22(21)30(35-28)40-32-24-16-8-7-15-23(24)31(36-32)39-29-20-12-4-3-11-19(20)27(34-29)37-25;4*1-3-4-2;;;;/h1-6,9-14H,(H2,33,34,35,36,37,38,39,40);4*1,3-4H2,2H3;;;;. The van der Waals surface area contributed by atoms with Crippen molar-refractivity contribution in [2.75, 3.05) is 0 Å². The summed E-state index contributed by atoms with van der Waals surface area (Å²) in [6, 6.07) is 25.2. The second-order valence-corrected chi connectivity index (χ2v) is 24.1. The van der Waals surface area contributed by atoms with Crippen LogP contribution in [0.1, 0.15) is 79.1 Å². The molecule has 0 unspecified atom stereocenters. The maximum absolute atomic E-state index is 5.64. The molecule has 2 aliphatic rings. The molecule has 0 atom stereocenters. The summed E-state index contributed by atoms with van der Waals surface area (Å²) in [6.45, 7) is 9.40. The van der Waals surface area contributed by atoms with Crippen molar-refractivity contribution in [2.45, 2.75) is 98.0 Å². The molecule has 0 fully saturated rings. The van der Waals surface area contributed by atoms with E-state index in [9.17, 15) is 0 Å². The van der Waals surface area contributed by atoms with Crippen LogP contribution >= 0.6 is 0 Å². The number of nitrogens with one attached hydrogen (secondary N) is 2. The number of rotatable bonds is 16. The SMILES string of the molecule is CCC[CH2][Ti][c]1[c]([Ti][CH2]CCC)[c]([Ti][CH2]CCC)c2c3nc4nc(nc5[nH]c(nc6nc(nc([nH]3)c2[c]1[Ti][CH2]CCC)-c1ccccc1-6)c1ccccc51)-c1ccccc1-4. The van der Waals surface area contributed by atoms with Crippen LogP contribution in [0, 0.1) is 0 Å². The first-order valence-corrected chi connectivity index (χ1v) is 29.4. The summed E-state index contributed by atoms with van der Waals surface area (Å²) >= 11 is -1.50. The van der Waals surface area contributed by atoms with Gasteiger partial charge in [0.15, 0.2) is 0 Å². The van der Waals surface area contributed by atoms with Crippen molar-refractivity contribution < 1.29 is 76.6 Å². The summed E-state index contributed by atoms with van der Waals surface area (Å²) in [4.78, 5) is 39.9. The third kappa shape index (κ3) is 8.45. The molecule has 8 bridgehead atoms. The average Bonchev–Trinajstić information content (AvgIpc) is 4.01. The van der Waals surface area contributed by atoms with Crippen molar-refractivity contribution in [3.05, 3.63) is 72.8 Å². The zero-order chi connectivity index (χ0) is 41.0. The van der Waals surface area contributed by atoms with E-state index in [2.05, 4.69) is 110 Å². The number of H-pyrrole nitrogens is 2. The van der Waals surface area contributed by atoms with E-state index in [4.69, 9.17) is 29.9 Å². The predicted molar refractivity (Wildman–Crippen MR) is 233 cm³/mol.